The molecule has 0 bridgehead atoms. The molecule has 0 radical (unpaired) electrons. The zero-order chi connectivity index (χ0) is 21.8. The molecule has 0 aliphatic rings. The number of benzene rings is 1. The lowest BCUT2D eigenvalue weighted by atomic mass is 9.78. The van der Waals surface area contributed by atoms with Crippen molar-refractivity contribution in [3.63, 3.8) is 0 Å². The molecule has 1 unspecified atom stereocenters. The number of carbonyl (C=O) groups is 1. The Balaban J connectivity index is 3.11. The molecule has 1 atom stereocenters. The van der Waals surface area contributed by atoms with E-state index >= 15 is 0 Å². The highest BCUT2D eigenvalue weighted by Crippen LogP contribution is 2.47. The van der Waals surface area contributed by atoms with Gasteiger partial charge in [-0.15, -0.1) is 0 Å². The number of phenolic OH excluding ortho intramolecular Hbond substituents is 1. The van der Waals surface area contributed by atoms with E-state index in [4.69, 9.17) is 9.05 Å². The van der Waals surface area contributed by atoms with E-state index < -0.39 is 7.60 Å². The Bertz CT molecular complexity index is 731. The van der Waals surface area contributed by atoms with Gasteiger partial charge in [-0.05, 0) is 41.5 Å². The molecule has 0 saturated carbocycles. The van der Waals surface area contributed by atoms with Crippen molar-refractivity contribution in [2.45, 2.75) is 66.2 Å². The molecule has 0 spiro atoms. The van der Waals surface area contributed by atoms with Crippen LogP contribution >= 0.6 is 7.60 Å². The fraction of sp³-hybridized carbons (Fsp3) is 0.591. The third-order valence-electron chi connectivity index (χ3n) is 4.33. The second-order valence-corrected chi connectivity index (χ2v) is 11.3. The Morgan fingerprint density at radius 3 is 1.93 bits per heavy atom. The molecule has 1 N–H and O–H groups in total. The van der Waals surface area contributed by atoms with Gasteiger partial charge in [0.2, 0.25) is 0 Å². The van der Waals surface area contributed by atoms with E-state index in [2.05, 4.69) is 0 Å². The number of carbonyl (C=O) groups excluding carboxylic acids is 1. The first-order chi connectivity index (χ1) is 12.7. The zero-order valence-corrected chi connectivity index (χ0v) is 19.4. The maximum atomic E-state index is 12.3. The van der Waals surface area contributed by atoms with Gasteiger partial charge in [-0.2, -0.15) is 0 Å². The largest absolute Gasteiger partial charge is 0.507 e. The van der Waals surface area contributed by atoms with Crippen molar-refractivity contribution < 1.29 is 23.5 Å². The van der Waals surface area contributed by atoms with E-state index in [1.165, 1.54) is 6.08 Å². The molecule has 28 heavy (non-hydrogen) atoms. The van der Waals surface area contributed by atoms with Gasteiger partial charge in [-0.1, -0.05) is 54.5 Å². The van der Waals surface area contributed by atoms with Crippen LogP contribution in [0.4, 0.5) is 0 Å². The summed E-state index contributed by atoms with van der Waals surface area (Å²) >= 11 is 0. The first-order valence-electron chi connectivity index (χ1n) is 9.70. The molecule has 0 aliphatic heterocycles. The van der Waals surface area contributed by atoms with Gasteiger partial charge in [0.25, 0.3) is 0 Å². The van der Waals surface area contributed by atoms with Crippen LogP contribution in [0.2, 0.25) is 0 Å². The normalized spacial score (nSPS) is 15.0. The molecular formula is C22H35O5P. The molecule has 0 aliphatic carbocycles. The Morgan fingerprint density at radius 1 is 1.04 bits per heavy atom. The van der Waals surface area contributed by atoms with Crippen molar-refractivity contribution >= 4 is 19.5 Å². The van der Waals surface area contributed by atoms with Gasteiger partial charge in [-0.25, -0.2) is 0 Å². The quantitative estimate of drug-likeness (QED) is 0.431. The van der Waals surface area contributed by atoms with Crippen molar-refractivity contribution in [3.05, 3.63) is 34.9 Å². The van der Waals surface area contributed by atoms with E-state index in [0.29, 0.717) is 5.75 Å². The average molecular weight is 410 g/mol. The van der Waals surface area contributed by atoms with Crippen molar-refractivity contribution in [1.82, 2.24) is 0 Å². The number of ketones is 1. The third-order valence-corrected chi connectivity index (χ3v) is 6.28. The Kier molecular flexibility index (Phi) is 8.25. The lowest BCUT2D eigenvalue weighted by Gasteiger charge is -2.27. The van der Waals surface area contributed by atoms with E-state index in [0.717, 1.165) is 16.7 Å². The molecular weight excluding hydrogens is 375 g/mol. The van der Waals surface area contributed by atoms with Crippen molar-refractivity contribution in [2.24, 2.45) is 0 Å². The van der Waals surface area contributed by atoms with Gasteiger partial charge >= 0.3 is 7.60 Å². The van der Waals surface area contributed by atoms with Gasteiger partial charge in [0.15, 0.2) is 5.78 Å². The summed E-state index contributed by atoms with van der Waals surface area (Å²) in [6.07, 6.45) is 3.34. The summed E-state index contributed by atoms with van der Waals surface area (Å²) in [5.41, 5.74) is 1.99. The molecule has 0 aromatic heterocycles. The predicted octanol–water partition coefficient (Wildman–Crippen LogP) is 5.84. The summed E-state index contributed by atoms with van der Waals surface area (Å²) in [6, 6.07) is 3.79. The van der Waals surface area contributed by atoms with Crippen LogP contribution in [0.5, 0.6) is 5.75 Å². The van der Waals surface area contributed by atoms with Crippen LogP contribution < -0.4 is 0 Å². The van der Waals surface area contributed by atoms with E-state index in [-0.39, 0.29) is 36.0 Å². The lowest BCUT2D eigenvalue weighted by molar-refractivity contribution is -0.116. The maximum Gasteiger partial charge on any atom is 0.330 e. The van der Waals surface area contributed by atoms with Gasteiger partial charge in [0.05, 0.1) is 6.61 Å². The molecule has 0 heterocycles. The van der Waals surface area contributed by atoms with Crippen LogP contribution in [-0.2, 0) is 29.2 Å². The molecule has 0 amide bonds. The summed E-state index contributed by atoms with van der Waals surface area (Å²) in [5, 5.41) is 10.8. The van der Waals surface area contributed by atoms with Crippen LogP contribution in [0.1, 0.15) is 72.1 Å². The van der Waals surface area contributed by atoms with Crippen LogP contribution in [0.25, 0.3) is 6.08 Å². The Hall–Kier alpha value is -1.42. The molecule has 158 valence electrons. The van der Waals surface area contributed by atoms with E-state index in [1.54, 1.807) is 19.9 Å². The molecule has 1 rings (SSSR count). The molecule has 0 saturated heterocycles. The van der Waals surface area contributed by atoms with E-state index in [9.17, 15) is 14.5 Å². The first kappa shape index (κ1) is 24.6. The number of aromatic hydroxyl groups is 1. The molecule has 6 heteroatoms. The highest BCUT2D eigenvalue weighted by atomic mass is 31.2. The Morgan fingerprint density at radius 2 is 1.54 bits per heavy atom. The average Bonchev–Trinajstić information content (AvgIpc) is 2.57. The van der Waals surface area contributed by atoms with Crippen molar-refractivity contribution in [3.8, 4) is 5.75 Å². The van der Waals surface area contributed by atoms with Crippen molar-refractivity contribution in [2.75, 3.05) is 19.4 Å². The minimum absolute atomic E-state index is 0.222. The Labute approximate surface area is 169 Å². The van der Waals surface area contributed by atoms with E-state index in [1.807, 2.05) is 53.7 Å². The minimum Gasteiger partial charge on any atom is -0.507 e. The summed E-state index contributed by atoms with van der Waals surface area (Å²) in [6.45, 7) is 15.6. The highest BCUT2D eigenvalue weighted by molar-refractivity contribution is 7.53. The van der Waals surface area contributed by atoms with Gasteiger partial charge in [-0.3, -0.25) is 9.36 Å². The maximum absolute atomic E-state index is 12.3. The number of rotatable bonds is 8. The van der Waals surface area contributed by atoms with Crippen LogP contribution in [-0.4, -0.2) is 30.3 Å². The fourth-order valence-electron chi connectivity index (χ4n) is 2.71. The summed E-state index contributed by atoms with van der Waals surface area (Å²) in [7, 11) is -3.20. The lowest BCUT2D eigenvalue weighted by Crippen LogP contribution is -2.17. The third kappa shape index (κ3) is 6.88. The second-order valence-electron chi connectivity index (χ2n) is 8.88. The molecule has 0 fully saturated rings. The molecule has 1 aromatic rings. The summed E-state index contributed by atoms with van der Waals surface area (Å²) in [4.78, 5) is 12.2. The van der Waals surface area contributed by atoms with Crippen LogP contribution in [0, 0.1) is 0 Å². The minimum atomic E-state index is -3.20. The second kappa shape index (κ2) is 9.39. The highest BCUT2D eigenvalue weighted by Gasteiger charge is 2.26. The number of hydrogen-bond donors (Lipinski definition) is 1. The van der Waals surface area contributed by atoms with Crippen LogP contribution in [0.3, 0.4) is 0 Å². The predicted molar refractivity (Wildman–Crippen MR) is 115 cm³/mol. The van der Waals surface area contributed by atoms with Crippen molar-refractivity contribution in [1.29, 1.82) is 0 Å². The summed E-state index contributed by atoms with van der Waals surface area (Å²) in [5.74, 6) is 0.00322. The SMILES string of the molecule is CCOP(=O)(CC)OCC(=O)C=Cc1cc(C(C)(C)C)c(O)c(C(C)(C)C)c1. The smallest absolute Gasteiger partial charge is 0.330 e. The standard InChI is InChI=1S/C22H35O5P/c1-9-26-28(25,10-2)27-15-17(23)12-11-16-13-18(21(3,4)5)20(24)19(14-16)22(6,7)8/h11-14,24H,9-10,15H2,1-8H3. The van der Waals surface area contributed by atoms with Gasteiger partial charge in [0, 0.05) is 17.3 Å². The number of hydrogen-bond acceptors (Lipinski definition) is 5. The van der Waals surface area contributed by atoms with Gasteiger partial charge < -0.3 is 14.2 Å². The molecule has 1 aromatic carbocycles. The summed E-state index contributed by atoms with van der Waals surface area (Å²) < 4.78 is 22.6. The topological polar surface area (TPSA) is 72.8 Å². The van der Waals surface area contributed by atoms with Crippen LogP contribution in [0.15, 0.2) is 18.2 Å². The number of phenols is 1. The molecule has 5 nitrogen and oxygen atoms in total. The van der Waals surface area contributed by atoms with Gasteiger partial charge in [0.1, 0.15) is 12.4 Å². The zero-order valence-electron chi connectivity index (χ0n) is 18.5. The first-order valence-corrected chi connectivity index (χ1v) is 11.4. The monoisotopic (exact) mass is 410 g/mol. The fourth-order valence-corrected chi connectivity index (χ4v) is 3.87.